The van der Waals surface area contributed by atoms with E-state index in [1.807, 2.05) is 29.2 Å². The van der Waals surface area contributed by atoms with Crippen molar-refractivity contribution in [2.75, 3.05) is 31.1 Å². The number of carbonyl (C=O) groups excluding carboxylic acids is 1. The Labute approximate surface area is 203 Å². The van der Waals surface area contributed by atoms with Crippen molar-refractivity contribution in [1.82, 2.24) is 24.9 Å². The van der Waals surface area contributed by atoms with Gasteiger partial charge in [-0.3, -0.25) is 9.78 Å². The molecule has 1 aliphatic heterocycles. The lowest BCUT2D eigenvalue weighted by Gasteiger charge is -2.36. The zero-order valence-electron chi connectivity index (χ0n) is 19.1. The molecular weight excluding hydrogens is 448 g/mol. The molecule has 34 heavy (non-hydrogen) atoms. The highest BCUT2D eigenvalue weighted by molar-refractivity contribution is 6.30. The fourth-order valence-corrected chi connectivity index (χ4v) is 4.44. The maximum absolute atomic E-state index is 13.6. The minimum absolute atomic E-state index is 0.125. The Balaban J connectivity index is 1.43. The summed E-state index contributed by atoms with van der Waals surface area (Å²) >= 11 is 6.07. The first-order chi connectivity index (χ1) is 16.5. The second-order valence-electron chi connectivity index (χ2n) is 8.49. The van der Waals surface area contributed by atoms with Crippen molar-refractivity contribution in [2.45, 2.75) is 13.8 Å². The van der Waals surface area contributed by atoms with Crippen LogP contribution in [0.5, 0.6) is 0 Å². The van der Waals surface area contributed by atoms with Gasteiger partial charge in [-0.15, -0.1) is 5.10 Å². The van der Waals surface area contributed by atoms with Crippen LogP contribution < -0.4 is 4.90 Å². The number of aromatic nitrogens is 4. The van der Waals surface area contributed by atoms with E-state index in [1.165, 1.54) is 16.8 Å². The van der Waals surface area contributed by atoms with Crippen molar-refractivity contribution < 1.29 is 4.79 Å². The van der Waals surface area contributed by atoms with Gasteiger partial charge >= 0.3 is 0 Å². The van der Waals surface area contributed by atoms with E-state index < -0.39 is 0 Å². The molecule has 4 aromatic rings. The quantitative estimate of drug-likeness (QED) is 0.435. The van der Waals surface area contributed by atoms with Crippen LogP contribution in [0.3, 0.4) is 0 Å². The largest absolute Gasteiger partial charge is 0.368 e. The van der Waals surface area contributed by atoms with E-state index in [4.69, 9.17) is 11.6 Å². The number of aryl methyl sites for hydroxylation is 2. The minimum atomic E-state index is -0.125. The predicted molar refractivity (Wildman–Crippen MR) is 134 cm³/mol. The SMILES string of the molecule is Cc1ccc(C)c(N2CCN(C(=O)c3nnn(-c4ccc(Cl)cc4)c3-c3cccnc3)CC2)c1. The number of halogens is 1. The van der Waals surface area contributed by atoms with Crippen molar-refractivity contribution in [3.63, 3.8) is 0 Å². The summed E-state index contributed by atoms with van der Waals surface area (Å²) in [7, 11) is 0. The van der Waals surface area contributed by atoms with Gasteiger partial charge in [-0.25, -0.2) is 4.68 Å². The van der Waals surface area contributed by atoms with Crippen molar-refractivity contribution in [3.8, 4) is 16.9 Å². The van der Waals surface area contributed by atoms with Crippen LogP contribution in [0.25, 0.3) is 16.9 Å². The molecule has 2 aromatic heterocycles. The lowest BCUT2D eigenvalue weighted by molar-refractivity contribution is 0.0741. The van der Waals surface area contributed by atoms with E-state index in [1.54, 1.807) is 29.2 Å². The van der Waals surface area contributed by atoms with Crippen molar-refractivity contribution in [3.05, 3.63) is 88.8 Å². The number of amides is 1. The van der Waals surface area contributed by atoms with Gasteiger partial charge in [0.15, 0.2) is 5.69 Å². The molecule has 8 heteroatoms. The Hall–Kier alpha value is -3.71. The lowest BCUT2D eigenvalue weighted by atomic mass is 10.1. The molecule has 0 N–H and O–H groups in total. The third-order valence-electron chi connectivity index (χ3n) is 6.15. The number of hydrogen-bond acceptors (Lipinski definition) is 5. The molecule has 0 bridgehead atoms. The second kappa shape index (κ2) is 9.27. The predicted octanol–water partition coefficient (Wildman–Crippen LogP) is 4.56. The summed E-state index contributed by atoms with van der Waals surface area (Å²) in [6.45, 7) is 7.00. The molecular formula is C26H25ClN6O. The lowest BCUT2D eigenvalue weighted by Crippen LogP contribution is -2.49. The van der Waals surface area contributed by atoms with E-state index in [-0.39, 0.29) is 5.91 Å². The zero-order chi connectivity index (χ0) is 23.7. The van der Waals surface area contributed by atoms with Crippen LogP contribution in [0, 0.1) is 13.8 Å². The standard InChI is InChI=1S/C26H25ClN6O/c1-18-5-6-19(2)23(16-18)31-12-14-32(15-13-31)26(34)24-25(20-4-3-11-28-17-20)33(30-29-24)22-9-7-21(27)8-10-22/h3-11,16-17H,12-15H2,1-2H3. The van der Waals surface area contributed by atoms with Crippen LogP contribution >= 0.6 is 11.6 Å². The number of nitrogens with zero attached hydrogens (tertiary/aromatic N) is 6. The third-order valence-corrected chi connectivity index (χ3v) is 6.40. The molecule has 2 aromatic carbocycles. The molecule has 0 saturated carbocycles. The second-order valence-corrected chi connectivity index (χ2v) is 8.92. The molecule has 0 atom stereocenters. The molecule has 0 spiro atoms. The first kappa shape index (κ1) is 22.1. The van der Waals surface area contributed by atoms with Crippen LogP contribution in [-0.2, 0) is 0 Å². The smallest absolute Gasteiger partial charge is 0.276 e. The summed E-state index contributed by atoms with van der Waals surface area (Å²) in [6.07, 6.45) is 3.42. The van der Waals surface area contributed by atoms with Gasteiger partial charge in [0, 0.05) is 54.8 Å². The monoisotopic (exact) mass is 472 g/mol. The van der Waals surface area contributed by atoms with Gasteiger partial charge in [0.05, 0.1) is 5.69 Å². The molecule has 1 saturated heterocycles. The normalized spacial score (nSPS) is 13.9. The zero-order valence-corrected chi connectivity index (χ0v) is 19.9. The van der Waals surface area contributed by atoms with Gasteiger partial charge in [0.25, 0.3) is 5.91 Å². The molecule has 172 valence electrons. The number of benzene rings is 2. The highest BCUT2D eigenvalue weighted by Gasteiger charge is 2.29. The Kier molecular flexibility index (Phi) is 6.02. The number of anilines is 1. The number of rotatable bonds is 4. The number of carbonyl (C=O) groups is 1. The Morgan fingerprint density at radius 1 is 0.971 bits per heavy atom. The maximum Gasteiger partial charge on any atom is 0.276 e. The van der Waals surface area contributed by atoms with Gasteiger partial charge in [0.1, 0.15) is 5.69 Å². The highest BCUT2D eigenvalue weighted by Crippen LogP contribution is 2.28. The first-order valence-corrected chi connectivity index (χ1v) is 11.6. The van der Waals surface area contributed by atoms with Gasteiger partial charge in [-0.2, -0.15) is 0 Å². The van der Waals surface area contributed by atoms with E-state index in [0.717, 1.165) is 24.3 Å². The summed E-state index contributed by atoms with van der Waals surface area (Å²) in [5.41, 5.74) is 6.21. The Morgan fingerprint density at radius 3 is 2.44 bits per heavy atom. The summed E-state index contributed by atoms with van der Waals surface area (Å²) in [4.78, 5) is 22.1. The van der Waals surface area contributed by atoms with Gasteiger partial charge in [-0.1, -0.05) is 28.9 Å². The number of pyridine rings is 1. The summed E-state index contributed by atoms with van der Waals surface area (Å²) < 4.78 is 1.67. The molecule has 0 radical (unpaired) electrons. The van der Waals surface area contributed by atoms with Crippen LogP contribution in [0.4, 0.5) is 5.69 Å². The molecule has 7 nitrogen and oxygen atoms in total. The van der Waals surface area contributed by atoms with E-state index in [0.29, 0.717) is 29.5 Å². The van der Waals surface area contributed by atoms with Crippen molar-refractivity contribution in [2.24, 2.45) is 0 Å². The average Bonchev–Trinajstić information content (AvgIpc) is 3.31. The first-order valence-electron chi connectivity index (χ1n) is 11.2. The van der Waals surface area contributed by atoms with Crippen molar-refractivity contribution >= 4 is 23.2 Å². The van der Waals surface area contributed by atoms with E-state index in [2.05, 4.69) is 52.2 Å². The van der Waals surface area contributed by atoms with Gasteiger partial charge < -0.3 is 9.80 Å². The van der Waals surface area contributed by atoms with Gasteiger partial charge in [-0.05, 0) is 67.4 Å². The molecule has 5 rings (SSSR count). The van der Waals surface area contributed by atoms with Crippen LogP contribution in [-0.4, -0.2) is 57.0 Å². The molecule has 0 unspecified atom stereocenters. The van der Waals surface area contributed by atoms with Crippen LogP contribution in [0.15, 0.2) is 67.0 Å². The minimum Gasteiger partial charge on any atom is -0.368 e. The van der Waals surface area contributed by atoms with Crippen LogP contribution in [0.2, 0.25) is 5.02 Å². The summed E-state index contributed by atoms with van der Waals surface area (Å²) in [5.74, 6) is -0.125. The Morgan fingerprint density at radius 2 is 1.74 bits per heavy atom. The highest BCUT2D eigenvalue weighted by atomic mass is 35.5. The molecule has 1 aliphatic rings. The average molecular weight is 473 g/mol. The topological polar surface area (TPSA) is 67.2 Å². The molecule has 1 amide bonds. The van der Waals surface area contributed by atoms with E-state index in [9.17, 15) is 4.79 Å². The van der Waals surface area contributed by atoms with Gasteiger partial charge in [0.2, 0.25) is 0 Å². The summed E-state index contributed by atoms with van der Waals surface area (Å²) in [6, 6.07) is 17.5. The molecule has 1 fully saturated rings. The van der Waals surface area contributed by atoms with E-state index >= 15 is 0 Å². The maximum atomic E-state index is 13.6. The summed E-state index contributed by atoms with van der Waals surface area (Å²) in [5, 5.41) is 9.28. The Bertz CT molecular complexity index is 1310. The molecule has 3 heterocycles. The number of hydrogen-bond donors (Lipinski definition) is 0. The van der Waals surface area contributed by atoms with Crippen molar-refractivity contribution in [1.29, 1.82) is 0 Å². The number of piperazine rings is 1. The third kappa shape index (κ3) is 4.26. The molecule has 0 aliphatic carbocycles. The van der Waals surface area contributed by atoms with Crippen LogP contribution in [0.1, 0.15) is 21.6 Å². The fraction of sp³-hybridized carbons (Fsp3) is 0.231. The fourth-order valence-electron chi connectivity index (χ4n) is 4.31.